The van der Waals surface area contributed by atoms with Crippen LogP contribution in [0.2, 0.25) is 0 Å². The average molecular weight is 413 g/mol. The Morgan fingerprint density at radius 3 is 2.28 bits per heavy atom. The Labute approximate surface area is 176 Å². The lowest BCUT2D eigenvalue weighted by atomic mass is 9.81. The normalized spacial score (nSPS) is 25.7. The monoisotopic (exact) mass is 412 g/mol. The van der Waals surface area contributed by atoms with Crippen LogP contribution in [0.4, 0.5) is 4.79 Å². The summed E-state index contributed by atoms with van der Waals surface area (Å²) < 4.78 is 17.3. The molecule has 5 atom stereocenters. The van der Waals surface area contributed by atoms with Crippen molar-refractivity contribution in [2.75, 3.05) is 14.2 Å². The van der Waals surface area contributed by atoms with Gasteiger partial charge in [-0.25, -0.2) is 4.79 Å². The predicted octanol–water partition coefficient (Wildman–Crippen LogP) is 3.87. The van der Waals surface area contributed by atoms with E-state index < -0.39 is 29.6 Å². The van der Waals surface area contributed by atoms with Gasteiger partial charge in [-0.3, -0.25) is 9.69 Å². The topological polar surface area (TPSA) is 77.1 Å². The van der Waals surface area contributed by atoms with Crippen molar-refractivity contribution >= 4 is 12.0 Å². The van der Waals surface area contributed by atoms with Gasteiger partial charge in [0.25, 0.3) is 0 Å². The number of hydrogen-bond acceptors (Lipinski definition) is 5. The van der Waals surface area contributed by atoms with Crippen LogP contribution in [0.25, 0.3) is 0 Å². The Morgan fingerprint density at radius 2 is 1.86 bits per heavy atom. The highest BCUT2D eigenvalue weighted by Crippen LogP contribution is 2.39. The van der Waals surface area contributed by atoms with Crippen LogP contribution in [-0.2, 0) is 19.0 Å². The van der Waals surface area contributed by atoms with Gasteiger partial charge in [-0.2, -0.15) is 0 Å². The Morgan fingerprint density at radius 1 is 1.24 bits per heavy atom. The van der Waals surface area contributed by atoms with E-state index in [9.17, 15) is 9.59 Å². The van der Waals surface area contributed by atoms with Crippen molar-refractivity contribution in [2.45, 2.75) is 97.2 Å². The molecule has 0 bridgehead atoms. The molecule has 1 aliphatic rings. The minimum Gasteiger partial charge on any atom is -0.444 e. The molecule has 1 rings (SSSR count). The fraction of sp³-hybridized carbons (Fsp3) is 0.818. The van der Waals surface area contributed by atoms with Gasteiger partial charge in [-0.15, -0.1) is 0 Å². The van der Waals surface area contributed by atoms with Crippen LogP contribution in [-0.4, -0.2) is 60.6 Å². The summed E-state index contributed by atoms with van der Waals surface area (Å²) in [5.41, 5.74) is -1.30. The van der Waals surface area contributed by atoms with Gasteiger partial charge in [0, 0.05) is 33.5 Å². The van der Waals surface area contributed by atoms with Gasteiger partial charge in [0.1, 0.15) is 11.8 Å². The van der Waals surface area contributed by atoms with E-state index in [0.717, 1.165) is 12.8 Å². The molecule has 29 heavy (non-hydrogen) atoms. The number of carbonyl (C=O) groups excluding carboxylic acids is 2. The molecule has 1 fully saturated rings. The standard InChI is InChI=1S/C22H40N2O5/c1-10-12-16-14-17(27-8)24(20(26)29-21(4,5)6)18(16)19(23-15(3)25)22(7,28-9)13-11-2/h10,12,16-19H,11,13-14H2,1-9H3,(H,23,25)/b12-10-/t16-,17?,18-,19-,22+/m1/s1. The third-order valence-electron chi connectivity index (χ3n) is 5.43. The number of nitrogens with one attached hydrogen (secondary N) is 1. The van der Waals surface area contributed by atoms with E-state index in [-0.39, 0.29) is 17.9 Å². The van der Waals surface area contributed by atoms with E-state index in [1.165, 1.54) is 6.92 Å². The van der Waals surface area contributed by atoms with Crippen LogP contribution >= 0.6 is 0 Å². The van der Waals surface area contributed by atoms with E-state index >= 15 is 0 Å². The van der Waals surface area contributed by atoms with Crippen LogP contribution in [0.1, 0.15) is 67.7 Å². The van der Waals surface area contributed by atoms with Crippen LogP contribution in [0.3, 0.4) is 0 Å². The van der Waals surface area contributed by atoms with E-state index in [0.29, 0.717) is 6.42 Å². The van der Waals surface area contributed by atoms with Gasteiger partial charge in [-0.1, -0.05) is 25.5 Å². The summed E-state index contributed by atoms with van der Waals surface area (Å²) in [5.74, 6) is -0.181. The molecule has 168 valence electrons. The van der Waals surface area contributed by atoms with E-state index in [1.54, 1.807) is 19.1 Å². The summed E-state index contributed by atoms with van der Waals surface area (Å²) in [6, 6.07) is -0.801. The van der Waals surface area contributed by atoms with Gasteiger partial charge < -0.3 is 19.5 Å². The number of likely N-dealkylation sites (tertiary alicyclic amines) is 1. The van der Waals surface area contributed by atoms with Crippen LogP contribution in [0.5, 0.6) is 0 Å². The lowest BCUT2D eigenvalue weighted by molar-refractivity contribution is -0.126. The highest BCUT2D eigenvalue weighted by molar-refractivity contribution is 5.74. The zero-order valence-electron chi connectivity index (χ0n) is 19.6. The summed E-state index contributed by atoms with van der Waals surface area (Å²) in [7, 11) is 3.24. The molecule has 1 saturated heterocycles. The molecule has 0 aromatic heterocycles. The van der Waals surface area contributed by atoms with Gasteiger partial charge in [0.05, 0.1) is 17.7 Å². The Bertz CT molecular complexity index is 586. The lowest BCUT2D eigenvalue weighted by Gasteiger charge is -2.44. The molecule has 0 aromatic carbocycles. The summed E-state index contributed by atoms with van der Waals surface area (Å²) in [4.78, 5) is 27.0. The molecule has 1 unspecified atom stereocenters. The second kappa shape index (κ2) is 10.4. The predicted molar refractivity (Wildman–Crippen MR) is 114 cm³/mol. The molecule has 1 heterocycles. The zero-order chi connectivity index (χ0) is 22.4. The van der Waals surface area contributed by atoms with Gasteiger partial charge >= 0.3 is 6.09 Å². The number of nitrogens with zero attached hydrogens (tertiary/aromatic N) is 1. The highest BCUT2D eigenvalue weighted by Gasteiger charge is 2.53. The maximum atomic E-state index is 13.2. The fourth-order valence-electron chi connectivity index (χ4n) is 4.19. The summed E-state index contributed by atoms with van der Waals surface area (Å²) >= 11 is 0. The number of methoxy groups -OCH3 is 2. The maximum absolute atomic E-state index is 13.2. The molecule has 0 spiro atoms. The Kier molecular flexibility index (Phi) is 9.15. The van der Waals surface area contributed by atoms with Crippen molar-refractivity contribution < 1.29 is 23.8 Å². The van der Waals surface area contributed by atoms with Crippen molar-refractivity contribution in [2.24, 2.45) is 5.92 Å². The van der Waals surface area contributed by atoms with Crippen LogP contribution in [0, 0.1) is 5.92 Å². The van der Waals surface area contributed by atoms with E-state index in [4.69, 9.17) is 14.2 Å². The summed E-state index contributed by atoms with van der Waals surface area (Å²) in [6.07, 6.45) is 5.36. The fourth-order valence-corrected chi connectivity index (χ4v) is 4.19. The maximum Gasteiger partial charge on any atom is 0.412 e. The van der Waals surface area contributed by atoms with Crippen LogP contribution < -0.4 is 5.32 Å². The second-order valence-electron chi connectivity index (χ2n) is 8.94. The van der Waals surface area contributed by atoms with Crippen molar-refractivity contribution in [3.05, 3.63) is 12.2 Å². The van der Waals surface area contributed by atoms with Crippen molar-refractivity contribution in [3.8, 4) is 0 Å². The Hall–Kier alpha value is -1.60. The Balaban J connectivity index is 3.52. The number of carbonyl (C=O) groups is 2. The van der Waals surface area contributed by atoms with Gasteiger partial charge in [0.15, 0.2) is 0 Å². The third-order valence-corrected chi connectivity index (χ3v) is 5.43. The van der Waals surface area contributed by atoms with Crippen molar-refractivity contribution in [1.82, 2.24) is 10.2 Å². The molecule has 1 N–H and O–H groups in total. The molecule has 2 amide bonds. The van der Waals surface area contributed by atoms with E-state index in [2.05, 4.69) is 18.3 Å². The molecule has 1 aliphatic heterocycles. The number of hydrogen-bond donors (Lipinski definition) is 1. The number of amides is 2. The number of rotatable bonds is 8. The summed E-state index contributed by atoms with van der Waals surface area (Å²) in [6.45, 7) is 13.0. The smallest absolute Gasteiger partial charge is 0.412 e. The minimum atomic E-state index is -0.659. The molecule has 0 saturated carbocycles. The highest BCUT2D eigenvalue weighted by atomic mass is 16.6. The molecular weight excluding hydrogens is 372 g/mol. The first kappa shape index (κ1) is 25.4. The molecular formula is C22H40N2O5. The number of allylic oxidation sites excluding steroid dienone is 1. The SMILES string of the molecule is C/C=C\[C@@H]1CC(OC)N(C(=O)OC(C)(C)C)[C@H]1[C@@H](NC(C)=O)[C@](C)(CCC)OC. The first-order valence-electron chi connectivity index (χ1n) is 10.4. The van der Waals surface area contributed by atoms with Crippen molar-refractivity contribution in [3.63, 3.8) is 0 Å². The molecule has 7 nitrogen and oxygen atoms in total. The van der Waals surface area contributed by atoms with Gasteiger partial charge in [0.2, 0.25) is 5.91 Å². The first-order valence-corrected chi connectivity index (χ1v) is 10.4. The quantitative estimate of drug-likeness (QED) is 0.613. The molecule has 0 radical (unpaired) electrons. The van der Waals surface area contributed by atoms with Crippen LogP contribution in [0.15, 0.2) is 12.2 Å². The number of ether oxygens (including phenoxy) is 3. The summed E-state index contributed by atoms with van der Waals surface area (Å²) in [5, 5.41) is 3.08. The third kappa shape index (κ3) is 6.44. The molecule has 0 aromatic rings. The second-order valence-corrected chi connectivity index (χ2v) is 8.94. The molecule has 7 heteroatoms. The van der Waals surface area contributed by atoms with E-state index in [1.807, 2.05) is 40.7 Å². The largest absolute Gasteiger partial charge is 0.444 e. The zero-order valence-corrected chi connectivity index (χ0v) is 19.6. The minimum absolute atomic E-state index is 0.0133. The average Bonchev–Trinajstić information content (AvgIpc) is 2.96. The molecule has 0 aliphatic carbocycles. The van der Waals surface area contributed by atoms with Gasteiger partial charge in [-0.05, 0) is 41.0 Å². The van der Waals surface area contributed by atoms with Crippen molar-refractivity contribution in [1.29, 1.82) is 0 Å². The first-order chi connectivity index (χ1) is 13.4. The lowest BCUT2D eigenvalue weighted by Crippen LogP contribution is -2.64.